The standard InChI is InChI=1S/C16H12F4N2O6/c1-21-13(16(18,19)20)4-3-8(15(21)24)9-5-11(22(25)26)12(6-10(9)17)28-7-14(23)27-2/h3-6H,7H2,1-2H3. The number of hydrogen-bond acceptors (Lipinski definition) is 6. The fraction of sp³-hybridized carbons (Fsp3) is 0.250. The van der Waals surface area contributed by atoms with E-state index in [1.165, 1.54) is 0 Å². The number of hydrogen-bond donors (Lipinski definition) is 0. The number of halogens is 4. The van der Waals surface area contributed by atoms with Gasteiger partial charge in [-0.15, -0.1) is 0 Å². The number of nitro groups is 1. The Morgan fingerprint density at radius 1 is 1.25 bits per heavy atom. The van der Waals surface area contributed by atoms with Gasteiger partial charge < -0.3 is 14.0 Å². The molecule has 2 rings (SSSR count). The lowest BCUT2D eigenvalue weighted by Gasteiger charge is -2.14. The number of alkyl halides is 3. The summed E-state index contributed by atoms with van der Waals surface area (Å²) in [5.41, 5.74) is -4.37. The first-order valence-corrected chi connectivity index (χ1v) is 7.42. The minimum atomic E-state index is -4.82. The molecule has 0 aliphatic heterocycles. The van der Waals surface area contributed by atoms with Gasteiger partial charge >= 0.3 is 17.8 Å². The molecule has 0 radical (unpaired) electrons. The summed E-state index contributed by atoms with van der Waals surface area (Å²) in [4.78, 5) is 33.6. The minimum absolute atomic E-state index is 0.266. The number of esters is 1. The molecule has 12 heteroatoms. The average Bonchev–Trinajstić information content (AvgIpc) is 2.60. The largest absolute Gasteiger partial charge is 0.475 e. The summed E-state index contributed by atoms with van der Waals surface area (Å²) in [7, 11) is 1.89. The SMILES string of the molecule is COC(=O)COc1cc(F)c(-c2ccc(C(F)(F)F)n(C)c2=O)cc1[N+](=O)[O-]. The zero-order valence-corrected chi connectivity index (χ0v) is 14.4. The van der Waals surface area contributed by atoms with Crippen molar-refractivity contribution in [3.8, 4) is 16.9 Å². The molecule has 8 nitrogen and oxygen atoms in total. The highest BCUT2D eigenvalue weighted by Crippen LogP contribution is 2.35. The van der Waals surface area contributed by atoms with E-state index in [9.17, 15) is 37.3 Å². The van der Waals surface area contributed by atoms with E-state index < -0.39 is 63.3 Å². The van der Waals surface area contributed by atoms with Gasteiger partial charge in [0.2, 0.25) is 5.75 Å². The smallest absolute Gasteiger partial charge is 0.431 e. The van der Waals surface area contributed by atoms with Crippen LogP contribution in [0.1, 0.15) is 5.69 Å². The number of nitro benzene ring substituents is 1. The summed E-state index contributed by atoms with van der Waals surface area (Å²) >= 11 is 0. The number of ether oxygens (including phenoxy) is 2. The van der Waals surface area contributed by atoms with Gasteiger partial charge in [-0.2, -0.15) is 13.2 Å². The summed E-state index contributed by atoms with van der Waals surface area (Å²) in [5.74, 6) is -2.65. The Hall–Kier alpha value is -3.44. The van der Waals surface area contributed by atoms with Gasteiger partial charge in [-0.05, 0) is 12.1 Å². The zero-order valence-electron chi connectivity index (χ0n) is 14.4. The van der Waals surface area contributed by atoms with Crippen LogP contribution >= 0.6 is 0 Å². The molecule has 1 aromatic carbocycles. The number of nitrogens with zero attached hydrogens (tertiary/aromatic N) is 2. The van der Waals surface area contributed by atoms with Crippen LogP contribution in [0.5, 0.6) is 5.75 Å². The second-order valence-corrected chi connectivity index (χ2v) is 5.42. The van der Waals surface area contributed by atoms with Crippen molar-refractivity contribution in [1.82, 2.24) is 4.57 Å². The Morgan fingerprint density at radius 3 is 2.43 bits per heavy atom. The van der Waals surface area contributed by atoms with Crippen molar-refractivity contribution in [2.75, 3.05) is 13.7 Å². The maximum atomic E-state index is 14.4. The van der Waals surface area contributed by atoms with Gasteiger partial charge in [-0.3, -0.25) is 14.9 Å². The summed E-state index contributed by atoms with van der Waals surface area (Å²) in [6.45, 7) is -0.738. The Labute approximate surface area is 154 Å². The second kappa shape index (κ2) is 7.66. The molecule has 0 fully saturated rings. The van der Waals surface area contributed by atoms with Gasteiger partial charge in [0, 0.05) is 24.7 Å². The maximum absolute atomic E-state index is 14.4. The van der Waals surface area contributed by atoms with Crippen LogP contribution < -0.4 is 10.3 Å². The number of carbonyl (C=O) groups is 1. The van der Waals surface area contributed by atoms with Crippen molar-refractivity contribution in [3.05, 3.63) is 56.2 Å². The van der Waals surface area contributed by atoms with Crippen molar-refractivity contribution in [3.63, 3.8) is 0 Å². The summed E-state index contributed by atoms with van der Waals surface area (Å²) in [5, 5.41) is 11.2. The van der Waals surface area contributed by atoms with Crippen molar-refractivity contribution in [2.24, 2.45) is 7.05 Å². The van der Waals surface area contributed by atoms with Crippen molar-refractivity contribution >= 4 is 11.7 Å². The predicted molar refractivity (Wildman–Crippen MR) is 86.2 cm³/mol. The summed E-state index contributed by atoms with van der Waals surface area (Å²) < 4.78 is 62.5. The van der Waals surface area contributed by atoms with Crippen LogP contribution in [-0.4, -0.2) is 29.2 Å². The van der Waals surface area contributed by atoms with E-state index in [4.69, 9.17) is 4.74 Å². The monoisotopic (exact) mass is 404 g/mol. The Balaban J connectivity index is 2.60. The number of pyridine rings is 1. The van der Waals surface area contributed by atoms with Crippen molar-refractivity contribution in [1.29, 1.82) is 0 Å². The van der Waals surface area contributed by atoms with Crippen LogP contribution in [0.15, 0.2) is 29.1 Å². The molecule has 0 aliphatic rings. The molecule has 0 amide bonds. The average molecular weight is 404 g/mol. The van der Waals surface area contributed by atoms with Gasteiger partial charge in [-0.25, -0.2) is 9.18 Å². The van der Waals surface area contributed by atoms with Crippen molar-refractivity contribution < 1.29 is 36.8 Å². The van der Waals surface area contributed by atoms with E-state index in [-0.39, 0.29) is 4.57 Å². The fourth-order valence-corrected chi connectivity index (χ4v) is 2.33. The van der Waals surface area contributed by atoms with Gasteiger partial charge in [0.25, 0.3) is 5.56 Å². The maximum Gasteiger partial charge on any atom is 0.431 e. The third kappa shape index (κ3) is 4.10. The fourth-order valence-electron chi connectivity index (χ4n) is 2.33. The Bertz CT molecular complexity index is 1000. The molecule has 0 atom stereocenters. The molecule has 0 saturated heterocycles. The topological polar surface area (TPSA) is 101 Å². The number of methoxy groups -OCH3 is 1. The third-order valence-corrected chi connectivity index (χ3v) is 3.70. The molecule has 0 unspecified atom stereocenters. The van der Waals surface area contributed by atoms with Crippen LogP contribution in [0, 0.1) is 15.9 Å². The third-order valence-electron chi connectivity index (χ3n) is 3.70. The molecular weight excluding hydrogens is 392 g/mol. The van der Waals surface area contributed by atoms with Crippen LogP contribution in [0.4, 0.5) is 23.2 Å². The van der Waals surface area contributed by atoms with Crippen LogP contribution in [0.25, 0.3) is 11.1 Å². The molecular formula is C16H12F4N2O6. The molecule has 2 aromatic rings. The van der Waals surface area contributed by atoms with E-state index in [0.29, 0.717) is 18.2 Å². The lowest BCUT2D eigenvalue weighted by molar-refractivity contribution is -0.385. The first-order chi connectivity index (χ1) is 13.0. The van der Waals surface area contributed by atoms with Crippen LogP contribution in [-0.2, 0) is 22.8 Å². The number of carbonyl (C=O) groups excluding carboxylic acids is 1. The van der Waals surface area contributed by atoms with Gasteiger partial charge in [0.15, 0.2) is 6.61 Å². The minimum Gasteiger partial charge on any atom is -0.475 e. The second-order valence-electron chi connectivity index (χ2n) is 5.42. The highest BCUT2D eigenvalue weighted by atomic mass is 19.4. The van der Waals surface area contributed by atoms with Crippen molar-refractivity contribution in [2.45, 2.75) is 6.18 Å². The molecule has 1 heterocycles. The predicted octanol–water partition coefficient (Wildman–Crippen LogP) is 2.67. The van der Waals surface area contributed by atoms with E-state index in [1.807, 2.05) is 0 Å². The highest BCUT2D eigenvalue weighted by Gasteiger charge is 2.34. The molecule has 1 aromatic heterocycles. The number of aromatic nitrogens is 1. The normalized spacial score (nSPS) is 11.2. The zero-order chi connectivity index (χ0) is 21.2. The molecule has 0 saturated carbocycles. The molecule has 150 valence electrons. The lowest BCUT2D eigenvalue weighted by Crippen LogP contribution is -2.26. The molecule has 0 N–H and O–H groups in total. The number of rotatable bonds is 5. The lowest BCUT2D eigenvalue weighted by atomic mass is 10.0. The Morgan fingerprint density at radius 2 is 1.89 bits per heavy atom. The van der Waals surface area contributed by atoms with E-state index in [2.05, 4.69) is 4.74 Å². The summed E-state index contributed by atoms with van der Waals surface area (Å²) in [6, 6.07) is 2.49. The number of benzene rings is 1. The highest BCUT2D eigenvalue weighted by molar-refractivity contribution is 5.72. The van der Waals surface area contributed by atoms with Crippen LogP contribution in [0.2, 0.25) is 0 Å². The van der Waals surface area contributed by atoms with E-state index in [0.717, 1.165) is 20.2 Å². The van der Waals surface area contributed by atoms with Crippen LogP contribution in [0.3, 0.4) is 0 Å². The Kier molecular flexibility index (Phi) is 5.71. The molecule has 0 bridgehead atoms. The van der Waals surface area contributed by atoms with Gasteiger partial charge in [0.1, 0.15) is 11.5 Å². The van der Waals surface area contributed by atoms with E-state index in [1.54, 1.807) is 0 Å². The first kappa shape index (κ1) is 20.9. The molecule has 0 spiro atoms. The summed E-state index contributed by atoms with van der Waals surface area (Å²) in [6.07, 6.45) is -4.82. The molecule has 0 aliphatic carbocycles. The van der Waals surface area contributed by atoms with Gasteiger partial charge in [0.05, 0.1) is 17.6 Å². The van der Waals surface area contributed by atoms with Gasteiger partial charge in [-0.1, -0.05) is 0 Å². The molecule has 28 heavy (non-hydrogen) atoms. The van der Waals surface area contributed by atoms with E-state index >= 15 is 0 Å². The first-order valence-electron chi connectivity index (χ1n) is 7.42. The quantitative estimate of drug-likeness (QED) is 0.329.